The average molecular weight is 250 g/mol. The minimum absolute atomic E-state index is 0. The van der Waals surface area contributed by atoms with E-state index in [1.165, 1.54) is 11.8 Å². The summed E-state index contributed by atoms with van der Waals surface area (Å²) < 4.78 is 0. The van der Waals surface area contributed by atoms with Crippen LogP contribution in [0.2, 0.25) is 0 Å². The van der Waals surface area contributed by atoms with Crippen LogP contribution in [0.5, 0.6) is 0 Å². The van der Waals surface area contributed by atoms with Crippen molar-refractivity contribution in [2.45, 2.75) is 0 Å². The van der Waals surface area contributed by atoms with Gasteiger partial charge >= 0.3 is 33.7 Å². The van der Waals surface area contributed by atoms with Crippen molar-refractivity contribution < 1.29 is 51.7 Å². The number of rotatable bonds is 0. The Morgan fingerprint density at radius 3 is 1.00 bits per heavy atom. The van der Waals surface area contributed by atoms with E-state index >= 15 is 0 Å². The smallest absolute Gasteiger partial charge is 0.857 e. The molecule has 0 unspecified atom stereocenters. The van der Waals surface area contributed by atoms with Crippen LogP contribution in [0.3, 0.4) is 0 Å². The summed E-state index contributed by atoms with van der Waals surface area (Å²) in [6.45, 7) is 0. The average Bonchev–Trinajstić information content (AvgIpc) is 2.24. The maximum atomic E-state index is 9.13. The minimum Gasteiger partial charge on any atom is -0.857 e. The van der Waals surface area contributed by atoms with Gasteiger partial charge in [-0.05, 0) is 0 Å². The minimum atomic E-state index is -1.22. The van der Waals surface area contributed by atoms with E-state index in [0.717, 1.165) is 14.2 Å². The molecule has 0 radical (unpaired) electrons. The fourth-order valence-electron chi connectivity index (χ4n) is 0. The Morgan fingerprint density at radius 2 is 1.00 bits per heavy atom. The monoisotopic (exact) mass is 250 g/mol. The maximum Gasteiger partial charge on any atom is 2.00 e. The second kappa shape index (κ2) is 38.7. The molecule has 0 bridgehead atoms. The van der Waals surface area contributed by atoms with Crippen molar-refractivity contribution in [2.75, 3.05) is 14.2 Å². The fourth-order valence-corrected chi connectivity index (χ4v) is 0. The van der Waals surface area contributed by atoms with Crippen molar-refractivity contribution in [1.29, 1.82) is 0 Å². The summed E-state index contributed by atoms with van der Waals surface area (Å²) in [6.07, 6.45) is 8.64. The third-order valence-corrected chi connectivity index (χ3v) is 0.247. The molecule has 15 heavy (non-hydrogen) atoms. The molecule has 0 atom stereocenters. The van der Waals surface area contributed by atoms with Gasteiger partial charge in [-0.3, -0.25) is 0 Å². The molecular weight excluding hydrogens is 240 g/mol. The van der Waals surface area contributed by atoms with E-state index in [9.17, 15) is 0 Å². The van der Waals surface area contributed by atoms with Gasteiger partial charge in [0.05, 0.1) is 0 Å². The first-order chi connectivity index (χ1) is 6.54. The van der Waals surface area contributed by atoms with Gasteiger partial charge in [-0.1, -0.05) is 0 Å². The Kier molecular flexibility index (Phi) is 75.4. The van der Waals surface area contributed by atoms with Crippen LogP contribution in [0.4, 0.5) is 0 Å². The van der Waals surface area contributed by atoms with E-state index in [2.05, 4.69) is 12.8 Å². The number of hydrogen-bond acceptors (Lipinski definition) is 4. The molecule has 7 heteroatoms. The zero-order chi connectivity index (χ0) is 12.6. The summed E-state index contributed by atoms with van der Waals surface area (Å²) in [4.78, 5) is 18.3. The third kappa shape index (κ3) is 200. The molecular formula is C8H10O6Ti. The molecule has 0 aliphatic rings. The summed E-state index contributed by atoms with van der Waals surface area (Å²) in [5.41, 5.74) is 0. The zero-order valence-electron chi connectivity index (χ0n) is 8.18. The van der Waals surface area contributed by atoms with Gasteiger partial charge in [-0.15, -0.1) is 12.8 Å². The predicted molar refractivity (Wildman–Crippen MR) is 44.8 cm³/mol. The molecule has 0 aliphatic heterocycles. The molecule has 0 aromatic heterocycles. The van der Waals surface area contributed by atoms with Crippen LogP contribution >= 0.6 is 0 Å². The molecule has 0 aromatic carbocycles. The quantitative estimate of drug-likeness (QED) is 0.358. The number of carboxylic acids is 2. The van der Waals surface area contributed by atoms with Crippen molar-refractivity contribution in [3.8, 4) is 24.7 Å². The van der Waals surface area contributed by atoms with Crippen LogP contribution in [0, 0.1) is 24.7 Å². The first kappa shape index (κ1) is 29.2. The Labute approximate surface area is 103 Å². The van der Waals surface area contributed by atoms with Crippen LogP contribution in [0.1, 0.15) is 0 Å². The molecule has 0 aliphatic carbocycles. The van der Waals surface area contributed by atoms with E-state index in [4.69, 9.17) is 30.0 Å². The Balaban J connectivity index is -0.0000000318. The van der Waals surface area contributed by atoms with E-state index in [1.54, 1.807) is 0 Å². The third-order valence-electron chi connectivity index (χ3n) is 0.247. The number of terminal acetylenes is 2. The maximum absolute atomic E-state index is 9.13. The Hall–Kier alpha value is -1.31. The number of carbonyl (C=O) groups is 2. The van der Waals surface area contributed by atoms with Gasteiger partial charge in [-0.25, -0.2) is 9.59 Å². The molecule has 6 nitrogen and oxygen atoms in total. The number of aliphatic carboxylic acids is 2. The summed E-state index contributed by atoms with van der Waals surface area (Å²) >= 11 is 0. The van der Waals surface area contributed by atoms with Crippen molar-refractivity contribution in [1.82, 2.24) is 0 Å². The van der Waals surface area contributed by atoms with E-state index in [-0.39, 0.29) is 21.7 Å². The number of hydrogen-bond donors (Lipinski definition) is 2. The molecule has 0 fully saturated rings. The van der Waals surface area contributed by atoms with Crippen LogP contribution in [-0.4, -0.2) is 36.4 Å². The van der Waals surface area contributed by atoms with Crippen molar-refractivity contribution in [3.05, 3.63) is 0 Å². The second-order valence-corrected chi connectivity index (χ2v) is 0.899. The van der Waals surface area contributed by atoms with Gasteiger partial charge in [0.1, 0.15) is 0 Å². The SMILES string of the molecule is C#CC(=O)O.C#CC(=O)O.C[O-].C[O-].[Ti+2]. The molecule has 0 amide bonds. The zero-order valence-corrected chi connectivity index (χ0v) is 9.74. The Bertz CT molecular complexity index is 188. The summed E-state index contributed by atoms with van der Waals surface area (Å²) in [6, 6.07) is 0. The Morgan fingerprint density at radius 1 is 0.933 bits per heavy atom. The van der Waals surface area contributed by atoms with Gasteiger partial charge < -0.3 is 20.4 Å². The molecule has 0 aromatic rings. The van der Waals surface area contributed by atoms with Gasteiger partial charge in [0.15, 0.2) is 0 Å². The first-order valence-corrected chi connectivity index (χ1v) is 2.75. The molecule has 2 N–H and O–H groups in total. The molecule has 0 spiro atoms. The van der Waals surface area contributed by atoms with E-state index < -0.39 is 11.9 Å². The van der Waals surface area contributed by atoms with E-state index in [0.29, 0.717) is 0 Å². The number of carboxylic acid groups (broad SMARTS) is 2. The van der Waals surface area contributed by atoms with Crippen molar-refractivity contribution >= 4 is 11.9 Å². The van der Waals surface area contributed by atoms with Gasteiger partial charge in [0, 0.05) is 11.8 Å². The molecule has 0 heterocycles. The van der Waals surface area contributed by atoms with E-state index in [1.807, 2.05) is 0 Å². The van der Waals surface area contributed by atoms with Crippen LogP contribution in [-0.2, 0) is 31.3 Å². The van der Waals surface area contributed by atoms with Crippen LogP contribution in [0.15, 0.2) is 0 Å². The van der Waals surface area contributed by atoms with Gasteiger partial charge in [0.25, 0.3) is 0 Å². The van der Waals surface area contributed by atoms with Gasteiger partial charge in [-0.2, -0.15) is 14.2 Å². The molecule has 82 valence electrons. The summed E-state index contributed by atoms with van der Waals surface area (Å²) in [5.74, 6) is 0.454. The normalized spacial score (nSPS) is 4.40. The van der Waals surface area contributed by atoms with Crippen molar-refractivity contribution in [2.24, 2.45) is 0 Å². The largest absolute Gasteiger partial charge is 2.00 e. The molecule has 0 saturated carbocycles. The van der Waals surface area contributed by atoms with Crippen LogP contribution < -0.4 is 10.2 Å². The molecule has 0 saturated heterocycles. The second-order valence-electron chi connectivity index (χ2n) is 0.899. The topological polar surface area (TPSA) is 121 Å². The van der Waals surface area contributed by atoms with Crippen LogP contribution in [0.25, 0.3) is 0 Å². The predicted octanol–water partition coefficient (Wildman–Crippen LogP) is -2.64. The first-order valence-electron chi connectivity index (χ1n) is 2.75. The van der Waals surface area contributed by atoms with Crippen molar-refractivity contribution in [3.63, 3.8) is 0 Å². The fraction of sp³-hybridized carbons (Fsp3) is 0.250. The summed E-state index contributed by atoms with van der Waals surface area (Å²) in [7, 11) is 1.50. The summed E-state index contributed by atoms with van der Waals surface area (Å²) in [5, 5.41) is 31.5. The molecule has 0 rings (SSSR count). The standard InChI is InChI=1S/2C3H2O2.2CH3O.Ti/c2*1-2-3(4)5;2*1-2;/h2*1H,(H,4,5);2*1H3;/q;;2*-1;+2. The van der Waals surface area contributed by atoms with Gasteiger partial charge in [0.2, 0.25) is 0 Å².